The van der Waals surface area contributed by atoms with Crippen molar-refractivity contribution in [3.05, 3.63) is 90.0 Å². The first kappa shape index (κ1) is 16.8. The van der Waals surface area contributed by atoms with Gasteiger partial charge in [-0.3, -0.25) is 9.78 Å². The van der Waals surface area contributed by atoms with Gasteiger partial charge in [0.2, 0.25) is 0 Å². The molecule has 4 aromatic rings. The number of para-hydroxylation sites is 1. The fourth-order valence-corrected chi connectivity index (χ4v) is 2.90. The number of fused-ring (bicyclic) bond motifs is 1. The molecule has 4 rings (SSSR count). The minimum absolute atomic E-state index is 0.313. The Kier molecular flexibility index (Phi) is 4.34. The Morgan fingerprint density at radius 2 is 1.78 bits per heavy atom. The number of carbonyl (C=O) groups excluding carboxylic acids is 1. The van der Waals surface area contributed by atoms with Crippen molar-refractivity contribution in [3.63, 3.8) is 0 Å². The molecule has 132 valence electrons. The third kappa shape index (κ3) is 3.40. The van der Waals surface area contributed by atoms with Crippen molar-refractivity contribution < 1.29 is 9.18 Å². The van der Waals surface area contributed by atoms with Gasteiger partial charge in [0.25, 0.3) is 5.91 Å². The molecule has 0 bridgehead atoms. The third-order valence-electron chi connectivity index (χ3n) is 4.37. The number of pyridine rings is 2. The summed E-state index contributed by atoms with van der Waals surface area (Å²) in [6, 6.07) is 17.5. The van der Waals surface area contributed by atoms with Crippen LogP contribution in [0.5, 0.6) is 0 Å². The van der Waals surface area contributed by atoms with E-state index in [0.29, 0.717) is 28.0 Å². The molecule has 1 amide bonds. The molecule has 4 nitrogen and oxygen atoms in total. The van der Waals surface area contributed by atoms with Crippen molar-refractivity contribution in [2.75, 3.05) is 5.32 Å². The Morgan fingerprint density at radius 1 is 1.00 bits per heavy atom. The van der Waals surface area contributed by atoms with E-state index < -0.39 is 0 Å². The van der Waals surface area contributed by atoms with Crippen LogP contribution in [0.2, 0.25) is 0 Å². The SMILES string of the molecule is Cc1ccc(NC(=O)c2cc(-c3ccncc3)nc3ccccc23)cc1F. The van der Waals surface area contributed by atoms with E-state index in [1.165, 1.54) is 6.07 Å². The third-order valence-corrected chi connectivity index (χ3v) is 4.37. The maximum Gasteiger partial charge on any atom is 0.256 e. The summed E-state index contributed by atoms with van der Waals surface area (Å²) in [4.78, 5) is 21.6. The molecule has 1 N–H and O–H groups in total. The lowest BCUT2D eigenvalue weighted by atomic mass is 10.0. The lowest BCUT2D eigenvalue weighted by Gasteiger charge is -2.11. The normalized spacial score (nSPS) is 10.7. The lowest BCUT2D eigenvalue weighted by Crippen LogP contribution is -2.13. The second-order valence-corrected chi connectivity index (χ2v) is 6.23. The van der Waals surface area contributed by atoms with Gasteiger partial charge in [0.05, 0.1) is 16.8 Å². The van der Waals surface area contributed by atoms with Crippen LogP contribution in [0.15, 0.2) is 73.1 Å². The molecule has 0 atom stereocenters. The number of rotatable bonds is 3. The van der Waals surface area contributed by atoms with Gasteiger partial charge in [-0.2, -0.15) is 0 Å². The average molecular weight is 357 g/mol. The molecular formula is C22H16FN3O. The highest BCUT2D eigenvalue weighted by atomic mass is 19.1. The summed E-state index contributed by atoms with van der Waals surface area (Å²) >= 11 is 0. The number of benzene rings is 2. The minimum atomic E-state index is -0.357. The summed E-state index contributed by atoms with van der Waals surface area (Å²) in [5, 5.41) is 3.51. The van der Waals surface area contributed by atoms with Gasteiger partial charge in [0.1, 0.15) is 5.82 Å². The first-order valence-corrected chi connectivity index (χ1v) is 8.49. The summed E-state index contributed by atoms with van der Waals surface area (Å²) < 4.78 is 13.8. The predicted molar refractivity (Wildman–Crippen MR) is 104 cm³/mol. The molecular weight excluding hydrogens is 341 g/mol. The van der Waals surface area contributed by atoms with Crippen LogP contribution < -0.4 is 5.32 Å². The lowest BCUT2D eigenvalue weighted by molar-refractivity contribution is 0.102. The second kappa shape index (κ2) is 6.96. The zero-order valence-electron chi connectivity index (χ0n) is 14.6. The van der Waals surface area contributed by atoms with Crippen LogP contribution in [0, 0.1) is 12.7 Å². The second-order valence-electron chi connectivity index (χ2n) is 6.23. The fraction of sp³-hybridized carbons (Fsp3) is 0.0455. The minimum Gasteiger partial charge on any atom is -0.322 e. The number of hydrogen-bond acceptors (Lipinski definition) is 3. The molecule has 27 heavy (non-hydrogen) atoms. The highest BCUT2D eigenvalue weighted by molar-refractivity contribution is 6.13. The molecule has 0 radical (unpaired) electrons. The van der Waals surface area contributed by atoms with Crippen LogP contribution in [0.4, 0.5) is 10.1 Å². The van der Waals surface area contributed by atoms with Gasteiger partial charge >= 0.3 is 0 Å². The van der Waals surface area contributed by atoms with Gasteiger partial charge in [-0.15, -0.1) is 0 Å². The van der Waals surface area contributed by atoms with E-state index in [9.17, 15) is 9.18 Å². The molecule has 0 unspecified atom stereocenters. The number of anilines is 1. The van der Waals surface area contributed by atoms with E-state index in [1.807, 2.05) is 36.4 Å². The molecule has 0 saturated heterocycles. The maximum atomic E-state index is 13.8. The number of aromatic nitrogens is 2. The molecule has 0 aliphatic rings. The van der Waals surface area contributed by atoms with Crippen molar-refractivity contribution in [2.24, 2.45) is 0 Å². The molecule has 0 spiro atoms. The van der Waals surface area contributed by atoms with Crippen molar-refractivity contribution >= 4 is 22.5 Å². The molecule has 0 aliphatic carbocycles. The van der Waals surface area contributed by atoms with Gasteiger partial charge in [0.15, 0.2) is 0 Å². The van der Waals surface area contributed by atoms with Gasteiger partial charge < -0.3 is 5.32 Å². The van der Waals surface area contributed by atoms with Gasteiger partial charge in [-0.1, -0.05) is 24.3 Å². The van der Waals surface area contributed by atoms with E-state index >= 15 is 0 Å². The van der Waals surface area contributed by atoms with E-state index in [1.54, 1.807) is 37.5 Å². The molecule has 5 heteroatoms. The van der Waals surface area contributed by atoms with Crippen LogP contribution in [-0.4, -0.2) is 15.9 Å². The number of carbonyl (C=O) groups is 1. The first-order valence-electron chi connectivity index (χ1n) is 8.49. The summed E-state index contributed by atoms with van der Waals surface area (Å²) in [5.41, 5.74) is 3.68. The van der Waals surface area contributed by atoms with Crippen molar-refractivity contribution in [2.45, 2.75) is 6.92 Å². The van der Waals surface area contributed by atoms with E-state index in [4.69, 9.17) is 0 Å². The van der Waals surface area contributed by atoms with E-state index in [-0.39, 0.29) is 11.7 Å². The van der Waals surface area contributed by atoms with Crippen LogP contribution in [0.1, 0.15) is 15.9 Å². The number of amides is 1. The van der Waals surface area contributed by atoms with Crippen molar-refractivity contribution in [1.82, 2.24) is 9.97 Å². The highest BCUT2D eigenvalue weighted by Crippen LogP contribution is 2.25. The highest BCUT2D eigenvalue weighted by Gasteiger charge is 2.14. The number of halogens is 1. The smallest absolute Gasteiger partial charge is 0.256 e. The Bertz CT molecular complexity index is 1140. The summed E-state index contributed by atoms with van der Waals surface area (Å²) in [7, 11) is 0. The van der Waals surface area contributed by atoms with E-state index in [2.05, 4.69) is 15.3 Å². The Balaban J connectivity index is 1.79. The Labute approximate surface area is 155 Å². The quantitative estimate of drug-likeness (QED) is 0.561. The molecule has 2 heterocycles. The number of nitrogens with zero attached hydrogens (tertiary/aromatic N) is 2. The Hall–Kier alpha value is -3.60. The molecule has 0 aliphatic heterocycles. The van der Waals surface area contributed by atoms with Gasteiger partial charge in [-0.25, -0.2) is 9.37 Å². The van der Waals surface area contributed by atoms with Gasteiger partial charge in [-0.05, 0) is 48.9 Å². The predicted octanol–water partition coefficient (Wildman–Crippen LogP) is 5.00. The number of hydrogen-bond donors (Lipinski definition) is 1. The van der Waals surface area contributed by atoms with Crippen molar-refractivity contribution in [3.8, 4) is 11.3 Å². The molecule has 0 saturated carbocycles. The maximum absolute atomic E-state index is 13.8. The summed E-state index contributed by atoms with van der Waals surface area (Å²) in [6.07, 6.45) is 3.36. The molecule has 2 aromatic carbocycles. The zero-order valence-corrected chi connectivity index (χ0v) is 14.6. The van der Waals surface area contributed by atoms with Crippen LogP contribution >= 0.6 is 0 Å². The molecule has 2 aromatic heterocycles. The van der Waals surface area contributed by atoms with Crippen LogP contribution in [0.25, 0.3) is 22.2 Å². The number of aryl methyl sites for hydroxylation is 1. The molecule has 0 fully saturated rings. The standard InChI is InChI=1S/C22H16FN3O/c1-14-6-7-16(12-19(14)23)25-22(27)18-13-21(15-8-10-24-11-9-15)26-20-5-3-2-4-17(18)20/h2-13H,1H3,(H,25,27). The number of nitrogens with one attached hydrogen (secondary N) is 1. The van der Waals surface area contributed by atoms with Crippen molar-refractivity contribution in [1.29, 1.82) is 0 Å². The van der Waals surface area contributed by atoms with Gasteiger partial charge in [0, 0.05) is 29.0 Å². The van der Waals surface area contributed by atoms with Crippen LogP contribution in [-0.2, 0) is 0 Å². The summed E-state index contributed by atoms with van der Waals surface area (Å²) in [5.74, 6) is -0.669. The Morgan fingerprint density at radius 3 is 2.56 bits per heavy atom. The average Bonchev–Trinajstić information content (AvgIpc) is 2.70. The zero-order chi connectivity index (χ0) is 18.8. The summed E-state index contributed by atoms with van der Waals surface area (Å²) in [6.45, 7) is 1.68. The largest absolute Gasteiger partial charge is 0.322 e. The monoisotopic (exact) mass is 357 g/mol. The van der Waals surface area contributed by atoms with E-state index in [0.717, 1.165) is 10.9 Å². The van der Waals surface area contributed by atoms with Crippen LogP contribution in [0.3, 0.4) is 0 Å². The topological polar surface area (TPSA) is 54.9 Å². The first-order chi connectivity index (χ1) is 13.1. The fourth-order valence-electron chi connectivity index (χ4n) is 2.90.